The van der Waals surface area contributed by atoms with Gasteiger partial charge in [0.25, 0.3) is 0 Å². The first kappa shape index (κ1) is 13.9. The summed E-state index contributed by atoms with van der Waals surface area (Å²) in [5.74, 6) is 0. The summed E-state index contributed by atoms with van der Waals surface area (Å²) < 4.78 is 5.03. The van der Waals surface area contributed by atoms with E-state index >= 15 is 0 Å². The second-order valence-corrected chi connectivity index (χ2v) is 4.99. The molecule has 1 aliphatic carbocycles. The van der Waals surface area contributed by atoms with Gasteiger partial charge in [-0.25, -0.2) is 0 Å². The molecule has 3 N–H and O–H groups in total. The van der Waals surface area contributed by atoms with Crippen molar-refractivity contribution in [2.24, 2.45) is 5.73 Å². The minimum absolute atomic E-state index is 0.290. The van der Waals surface area contributed by atoms with Crippen LogP contribution in [0.3, 0.4) is 0 Å². The van der Waals surface area contributed by atoms with Gasteiger partial charge in [0.05, 0.1) is 0 Å². The van der Waals surface area contributed by atoms with E-state index in [-0.39, 0.29) is 0 Å². The minimum atomic E-state index is 0.290. The standard InChI is InChI=1S/C13H28N2O/c1-16-10-6-7-12(14)11-15-13-8-4-2-3-5-9-13/h12-13,15H,2-11,14H2,1H3. The molecule has 0 spiro atoms. The first-order chi connectivity index (χ1) is 7.83. The van der Waals surface area contributed by atoms with E-state index in [9.17, 15) is 0 Å². The monoisotopic (exact) mass is 228 g/mol. The Hall–Kier alpha value is -0.120. The second kappa shape index (κ2) is 8.97. The molecule has 0 bridgehead atoms. The second-order valence-electron chi connectivity index (χ2n) is 4.99. The minimum Gasteiger partial charge on any atom is -0.385 e. The molecule has 3 nitrogen and oxygen atoms in total. The van der Waals surface area contributed by atoms with Crippen molar-refractivity contribution in [3.05, 3.63) is 0 Å². The maximum atomic E-state index is 6.05. The van der Waals surface area contributed by atoms with E-state index in [2.05, 4.69) is 5.32 Å². The molecule has 1 fully saturated rings. The molecule has 0 aromatic heterocycles. The van der Waals surface area contributed by atoms with E-state index in [1.807, 2.05) is 0 Å². The number of hydrogen-bond donors (Lipinski definition) is 2. The summed E-state index contributed by atoms with van der Waals surface area (Å²) in [6.07, 6.45) is 10.4. The summed E-state index contributed by atoms with van der Waals surface area (Å²) >= 11 is 0. The van der Waals surface area contributed by atoms with E-state index in [1.54, 1.807) is 7.11 Å². The average molecular weight is 228 g/mol. The number of nitrogens with one attached hydrogen (secondary N) is 1. The predicted octanol–water partition coefficient (Wildman–Crippen LogP) is 2.05. The van der Waals surface area contributed by atoms with Gasteiger partial charge in [-0.2, -0.15) is 0 Å². The number of nitrogens with two attached hydrogens (primary N) is 1. The fourth-order valence-electron chi connectivity index (χ4n) is 2.39. The first-order valence-electron chi connectivity index (χ1n) is 6.81. The molecule has 0 amide bonds. The zero-order chi connectivity index (χ0) is 11.6. The van der Waals surface area contributed by atoms with Gasteiger partial charge in [0, 0.05) is 32.3 Å². The van der Waals surface area contributed by atoms with E-state index in [0.29, 0.717) is 6.04 Å². The van der Waals surface area contributed by atoms with Crippen LogP contribution < -0.4 is 11.1 Å². The van der Waals surface area contributed by atoms with Crippen molar-refractivity contribution < 1.29 is 4.74 Å². The largest absolute Gasteiger partial charge is 0.385 e. The highest BCUT2D eigenvalue weighted by molar-refractivity contribution is 4.74. The number of rotatable bonds is 7. The van der Waals surface area contributed by atoms with Crippen LogP contribution in [0.15, 0.2) is 0 Å². The molecule has 0 heterocycles. The van der Waals surface area contributed by atoms with Gasteiger partial charge in [-0.05, 0) is 25.7 Å². The Morgan fingerprint density at radius 2 is 1.94 bits per heavy atom. The molecule has 0 saturated heterocycles. The third-order valence-corrected chi connectivity index (χ3v) is 3.45. The summed E-state index contributed by atoms with van der Waals surface area (Å²) in [7, 11) is 1.75. The highest BCUT2D eigenvalue weighted by Gasteiger charge is 2.12. The zero-order valence-electron chi connectivity index (χ0n) is 10.7. The summed E-state index contributed by atoms with van der Waals surface area (Å²) in [4.78, 5) is 0. The topological polar surface area (TPSA) is 47.3 Å². The van der Waals surface area contributed by atoms with Crippen molar-refractivity contribution >= 4 is 0 Å². The summed E-state index contributed by atoms with van der Waals surface area (Å²) in [5.41, 5.74) is 6.05. The van der Waals surface area contributed by atoms with Crippen molar-refractivity contribution in [3.63, 3.8) is 0 Å². The lowest BCUT2D eigenvalue weighted by molar-refractivity contribution is 0.190. The Bertz CT molecular complexity index is 156. The molecule has 3 heteroatoms. The normalized spacial score (nSPS) is 20.6. The zero-order valence-corrected chi connectivity index (χ0v) is 10.7. The van der Waals surface area contributed by atoms with Crippen LogP contribution in [0.4, 0.5) is 0 Å². The third kappa shape index (κ3) is 6.46. The van der Waals surface area contributed by atoms with Gasteiger partial charge in [0.2, 0.25) is 0 Å². The van der Waals surface area contributed by atoms with Crippen molar-refractivity contribution in [1.29, 1.82) is 0 Å². The van der Waals surface area contributed by atoms with Gasteiger partial charge in [-0.15, -0.1) is 0 Å². The van der Waals surface area contributed by atoms with Gasteiger partial charge in [0.1, 0.15) is 0 Å². The molecular weight excluding hydrogens is 200 g/mol. The van der Waals surface area contributed by atoms with Crippen LogP contribution in [-0.4, -0.2) is 32.3 Å². The van der Waals surface area contributed by atoms with Crippen LogP contribution in [0.1, 0.15) is 51.4 Å². The van der Waals surface area contributed by atoms with Crippen LogP contribution in [0.25, 0.3) is 0 Å². The van der Waals surface area contributed by atoms with Gasteiger partial charge in [-0.1, -0.05) is 25.7 Å². The van der Waals surface area contributed by atoms with Crippen molar-refractivity contribution in [1.82, 2.24) is 5.32 Å². The van der Waals surface area contributed by atoms with Crippen molar-refractivity contribution in [2.75, 3.05) is 20.3 Å². The lowest BCUT2D eigenvalue weighted by Gasteiger charge is -2.19. The summed E-state index contributed by atoms with van der Waals surface area (Å²) in [6.45, 7) is 1.80. The maximum absolute atomic E-state index is 6.05. The third-order valence-electron chi connectivity index (χ3n) is 3.45. The van der Waals surface area contributed by atoms with Crippen LogP contribution in [0, 0.1) is 0 Å². The van der Waals surface area contributed by atoms with Crippen molar-refractivity contribution in [3.8, 4) is 0 Å². The molecule has 16 heavy (non-hydrogen) atoms. The molecular formula is C13H28N2O. The van der Waals surface area contributed by atoms with E-state index < -0.39 is 0 Å². The van der Waals surface area contributed by atoms with Crippen molar-refractivity contribution in [2.45, 2.75) is 63.5 Å². The Balaban J connectivity index is 2.03. The van der Waals surface area contributed by atoms with Gasteiger partial charge < -0.3 is 15.8 Å². The number of methoxy groups -OCH3 is 1. The Morgan fingerprint density at radius 1 is 1.25 bits per heavy atom. The SMILES string of the molecule is COCCCC(N)CNC1CCCCCC1. The summed E-state index contributed by atoms with van der Waals surface area (Å²) in [6, 6.07) is 1.01. The molecule has 1 atom stereocenters. The Morgan fingerprint density at radius 3 is 2.56 bits per heavy atom. The molecule has 0 aromatic rings. The van der Waals surface area contributed by atoms with E-state index in [1.165, 1.54) is 38.5 Å². The number of ether oxygens (including phenoxy) is 1. The molecule has 1 rings (SSSR count). The fourth-order valence-corrected chi connectivity index (χ4v) is 2.39. The quantitative estimate of drug-likeness (QED) is 0.518. The van der Waals surface area contributed by atoms with Gasteiger partial charge in [-0.3, -0.25) is 0 Å². The van der Waals surface area contributed by atoms with Gasteiger partial charge in [0.15, 0.2) is 0 Å². The van der Waals surface area contributed by atoms with Crippen LogP contribution >= 0.6 is 0 Å². The first-order valence-corrected chi connectivity index (χ1v) is 6.81. The molecule has 1 saturated carbocycles. The fraction of sp³-hybridized carbons (Fsp3) is 1.00. The molecule has 0 aromatic carbocycles. The Kier molecular flexibility index (Phi) is 7.81. The number of hydrogen-bond acceptors (Lipinski definition) is 3. The molecule has 0 radical (unpaired) electrons. The summed E-state index contributed by atoms with van der Waals surface area (Å²) in [5, 5.41) is 3.62. The smallest absolute Gasteiger partial charge is 0.0462 e. The van der Waals surface area contributed by atoms with E-state index in [0.717, 1.165) is 32.0 Å². The van der Waals surface area contributed by atoms with Crippen LogP contribution in [0.2, 0.25) is 0 Å². The lowest BCUT2D eigenvalue weighted by Crippen LogP contribution is -2.39. The average Bonchev–Trinajstić information content (AvgIpc) is 2.55. The molecule has 1 aliphatic rings. The van der Waals surface area contributed by atoms with Crippen LogP contribution in [-0.2, 0) is 4.74 Å². The highest BCUT2D eigenvalue weighted by Crippen LogP contribution is 2.17. The highest BCUT2D eigenvalue weighted by atomic mass is 16.5. The lowest BCUT2D eigenvalue weighted by atomic mass is 10.1. The predicted molar refractivity (Wildman–Crippen MR) is 68.6 cm³/mol. The van der Waals surface area contributed by atoms with Gasteiger partial charge >= 0.3 is 0 Å². The Labute approximate surface area is 100 Å². The molecule has 96 valence electrons. The van der Waals surface area contributed by atoms with Crippen LogP contribution in [0.5, 0.6) is 0 Å². The maximum Gasteiger partial charge on any atom is 0.0462 e. The molecule has 1 unspecified atom stereocenters. The van der Waals surface area contributed by atoms with E-state index in [4.69, 9.17) is 10.5 Å². The molecule has 0 aliphatic heterocycles.